The Morgan fingerprint density at radius 2 is 2.35 bits per heavy atom. The number of nitrogens with one attached hydrogen (secondary N) is 1. The Bertz CT molecular complexity index is 636. The van der Waals surface area contributed by atoms with Crippen LogP contribution in [-0.4, -0.2) is 34.9 Å². The van der Waals surface area contributed by atoms with Crippen LogP contribution in [0.3, 0.4) is 0 Å². The molecule has 1 amide bonds. The average molecular weight is 309 g/mol. The Morgan fingerprint density at radius 1 is 1.50 bits per heavy atom. The molecule has 0 saturated carbocycles. The first-order valence-corrected chi connectivity index (χ1v) is 8.00. The fraction of sp³-hybridized carbons (Fsp3) is 0.417. The smallest absolute Gasteiger partial charge is 0.239 e. The molecule has 20 heavy (non-hydrogen) atoms. The van der Waals surface area contributed by atoms with Gasteiger partial charge >= 0.3 is 0 Å². The molecule has 0 atom stereocenters. The van der Waals surface area contributed by atoms with E-state index in [2.05, 4.69) is 14.7 Å². The summed E-state index contributed by atoms with van der Waals surface area (Å²) in [5, 5.41) is 6.67. The molecule has 3 rings (SSSR count). The van der Waals surface area contributed by atoms with Crippen LogP contribution in [0.15, 0.2) is 5.38 Å². The lowest BCUT2D eigenvalue weighted by atomic mass is 10.3. The molecule has 2 aromatic rings. The maximum absolute atomic E-state index is 11.7. The number of carbonyl (C=O) groups is 1. The second-order valence-electron chi connectivity index (χ2n) is 4.67. The summed E-state index contributed by atoms with van der Waals surface area (Å²) < 4.78 is 4.25. The van der Waals surface area contributed by atoms with Crippen LogP contribution in [0.5, 0.6) is 0 Å². The minimum Gasteiger partial charge on any atom is -0.382 e. The van der Waals surface area contributed by atoms with Gasteiger partial charge in [-0.25, -0.2) is 4.98 Å². The van der Waals surface area contributed by atoms with Crippen molar-refractivity contribution in [3.63, 3.8) is 0 Å². The first-order chi connectivity index (χ1) is 9.65. The highest BCUT2D eigenvalue weighted by Crippen LogP contribution is 2.40. The van der Waals surface area contributed by atoms with Crippen molar-refractivity contribution >= 4 is 39.6 Å². The standard InChI is InChI=1S/C12H15N5OS2/c1-7-6-19-11(15-7)9-10(13)16-20-12(9)17-4-2-3-14-8(18)5-17/h6H,2-5H2,1H3,(H2,13,16)(H,14,18). The molecule has 0 aliphatic carbocycles. The highest BCUT2D eigenvalue weighted by molar-refractivity contribution is 7.15. The van der Waals surface area contributed by atoms with Crippen LogP contribution < -0.4 is 16.0 Å². The fourth-order valence-electron chi connectivity index (χ4n) is 2.16. The number of nitrogen functional groups attached to an aromatic ring is 1. The highest BCUT2D eigenvalue weighted by Gasteiger charge is 2.24. The van der Waals surface area contributed by atoms with E-state index in [1.165, 1.54) is 11.5 Å². The van der Waals surface area contributed by atoms with Crippen LogP contribution in [-0.2, 0) is 4.79 Å². The highest BCUT2D eigenvalue weighted by atomic mass is 32.1. The molecule has 1 aliphatic rings. The molecule has 1 fully saturated rings. The van der Waals surface area contributed by atoms with Gasteiger partial charge in [0.15, 0.2) is 0 Å². The van der Waals surface area contributed by atoms with Gasteiger partial charge in [0.25, 0.3) is 0 Å². The summed E-state index contributed by atoms with van der Waals surface area (Å²) in [5.74, 6) is 0.528. The number of nitrogens with zero attached hydrogens (tertiary/aromatic N) is 3. The van der Waals surface area contributed by atoms with Crippen LogP contribution in [0, 0.1) is 6.92 Å². The second-order valence-corrected chi connectivity index (χ2v) is 6.28. The van der Waals surface area contributed by atoms with Crippen LogP contribution in [0.1, 0.15) is 12.1 Å². The largest absolute Gasteiger partial charge is 0.382 e. The molecule has 0 spiro atoms. The first-order valence-electron chi connectivity index (χ1n) is 6.34. The van der Waals surface area contributed by atoms with Gasteiger partial charge in [-0.15, -0.1) is 11.3 Å². The van der Waals surface area contributed by atoms with Gasteiger partial charge in [0, 0.05) is 24.2 Å². The predicted molar refractivity (Wildman–Crippen MR) is 82.2 cm³/mol. The third-order valence-electron chi connectivity index (χ3n) is 3.08. The monoisotopic (exact) mass is 309 g/mol. The molecule has 1 saturated heterocycles. The van der Waals surface area contributed by atoms with Crippen LogP contribution >= 0.6 is 22.9 Å². The van der Waals surface area contributed by atoms with E-state index >= 15 is 0 Å². The summed E-state index contributed by atoms with van der Waals surface area (Å²) in [4.78, 5) is 18.2. The minimum absolute atomic E-state index is 0.0377. The SMILES string of the molecule is Cc1csc(-c2c(N)nsc2N2CCCNC(=O)C2)n1. The van der Waals surface area contributed by atoms with Gasteiger partial charge in [0.1, 0.15) is 15.8 Å². The molecule has 6 nitrogen and oxygen atoms in total. The normalized spacial score (nSPS) is 16.1. The number of thiazole rings is 1. The Morgan fingerprint density at radius 3 is 3.10 bits per heavy atom. The van der Waals surface area contributed by atoms with Crippen molar-refractivity contribution in [2.45, 2.75) is 13.3 Å². The topological polar surface area (TPSA) is 84.1 Å². The maximum Gasteiger partial charge on any atom is 0.239 e. The third-order valence-corrected chi connectivity index (χ3v) is 4.98. The molecule has 106 valence electrons. The van der Waals surface area contributed by atoms with Crippen molar-refractivity contribution in [3.8, 4) is 10.6 Å². The van der Waals surface area contributed by atoms with Crippen molar-refractivity contribution in [3.05, 3.63) is 11.1 Å². The molecule has 0 bridgehead atoms. The zero-order valence-corrected chi connectivity index (χ0v) is 12.7. The van der Waals surface area contributed by atoms with Crippen LogP contribution in [0.4, 0.5) is 10.8 Å². The Kier molecular flexibility index (Phi) is 3.58. The number of rotatable bonds is 2. The van der Waals surface area contributed by atoms with E-state index < -0.39 is 0 Å². The summed E-state index contributed by atoms with van der Waals surface area (Å²) in [6.45, 7) is 3.83. The van der Waals surface area contributed by atoms with E-state index in [1.54, 1.807) is 11.3 Å². The summed E-state index contributed by atoms with van der Waals surface area (Å²) in [6, 6.07) is 0. The lowest BCUT2D eigenvalue weighted by Gasteiger charge is -2.19. The van der Waals surface area contributed by atoms with Crippen LogP contribution in [0.25, 0.3) is 10.6 Å². The predicted octanol–water partition coefficient (Wildman–Crippen LogP) is 1.48. The quantitative estimate of drug-likeness (QED) is 0.878. The van der Waals surface area contributed by atoms with E-state index in [4.69, 9.17) is 5.73 Å². The van der Waals surface area contributed by atoms with Gasteiger partial charge in [-0.2, -0.15) is 4.37 Å². The Balaban J connectivity index is 1.99. The third kappa shape index (κ3) is 2.48. The number of amides is 1. The molecular weight excluding hydrogens is 294 g/mol. The Labute approximate surface area is 124 Å². The number of aromatic nitrogens is 2. The molecule has 3 heterocycles. The number of nitrogens with two attached hydrogens (primary N) is 1. The van der Waals surface area contributed by atoms with Gasteiger partial charge in [0.2, 0.25) is 5.91 Å². The molecule has 3 N–H and O–H groups in total. The summed E-state index contributed by atoms with van der Waals surface area (Å²) in [5.41, 5.74) is 7.83. The zero-order chi connectivity index (χ0) is 14.1. The lowest BCUT2D eigenvalue weighted by molar-refractivity contribution is -0.119. The molecule has 0 aromatic carbocycles. The molecule has 1 aliphatic heterocycles. The average Bonchev–Trinajstić information content (AvgIpc) is 2.92. The van der Waals surface area contributed by atoms with E-state index in [1.807, 2.05) is 17.2 Å². The molecule has 0 unspecified atom stereocenters. The summed E-state index contributed by atoms with van der Waals surface area (Å²) in [7, 11) is 0. The maximum atomic E-state index is 11.7. The minimum atomic E-state index is 0.0377. The van der Waals surface area contributed by atoms with Crippen molar-refractivity contribution in [2.24, 2.45) is 0 Å². The van der Waals surface area contributed by atoms with Crippen molar-refractivity contribution in [1.29, 1.82) is 0 Å². The number of hydrogen-bond donors (Lipinski definition) is 2. The van der Waals surface area contributed by atoms with E-state index in [9.17, 15) is 4.79 Å². The van der Waals surface area contributed by atoms with Crippen molar-refractivity contribution in [1.82, 2.24) is 14.7 Å². The fourth-order valence-corrected chi connectivity index (χ4v) is 3.91. The number of carbonyl (C=O) groups excluding carboxylic acids is 1. The molecular formula is C12H15N5OS2. The lowest BCUT2D eigenvalue weighted by Crippen LogP contribution is -2.32. The van der Waals surface area contributed by atoms with Crippen LogP contribution in [0.2, 0.25) is 0 Å². The second kappa shape index (κ2) is 5.37. The van der Waals surface area contributed by atoms with Gasteiger partial charge in [-0.05, 0) is 24.9 Å². The van der Waals surface area contributed by atoms with Gasteiger partial charge in [0.05, 0.1) is 12.1 Å². The van der Waals surface area contributed by atoms with Gasteiger partial charge in [-0.3, -0.25) is 4.79 Å². The van der Waals surface area contributed by atoms with Crippen molar-refractivity contribution < 1.29 is 4.79 Å². The zero-order valence-electron chi connectivity index (χ0n) is 11.0. The molecule has 0 radical (unpaired) electrons. The number of aryl methyl sites for hydroxylation is 1. The molecule has 2 aromatic heterocycles. The summed E-state index contributed by atoms with van der Waals surface area (Å²) >= 11 is 2.89. The van der Waals surface area contributed by atoms with E-state index in [0.29, 0.717) is 12.4 Å². The Hall–Kier alpha value is -1.67. The molecule has 8 heteroatoms. The van der Waals surface area contributed by atoms with Gasteiger partial charge in [-0.1, -0.05) is 0 Å². The van der Waals surface area contributed by atoms with E-state index in [-0.39, 0.29) is 5.91 Å². The summed E-state index contributed by atoms with van der Waals surface area (Å²) in [6.07, 6.45) is 0.917. The van der Waals surface area contributed by atoms with Gasteiger partial charge < -0.3 is 16.0 Å². The number of hydrogen-bond acceptors (Lipinski definition) is 7. The van der Waals surface area contributed by atoms with Crippen molar-refractivity contribution in [2.75, 3.05) is 30.3 Å². The number of anilines is 2. The first kappa shape index (κ1) is 13.3. The van der Waals surface area contributed by atoms with E-state index in [0.717, 1.165) is 40.8 Å².